The molecule has 0 bridgehead atoms. The average molecular weight is 293 g/mol. The molecule has 3 heteroatoms. The van der Waals surface area contributed by atoms with Crippen molar-refractivity contribution in [2.75, 3.05) is 6.54 Å². The average Bonchev–Trinajstić information content (AvgIpc) is 2.38. The van der Waals surface area contributed by atoms with E-state index in [1.807, 2.05) is 13.0 Å². The van der Waals surface area contributed by atoms with Gasteiger partial charge < -0.3 is 10.8 Å². The highest BCUT2D eigenvalue weighted by molar-refractivity contribution is 5.19. The molecule has 0 aromatic heterocycles. The van der Waals surface area contributed by atoms with Gasteiger partial charge in [0.15, 0.2) is 0 Å². The van der Waals surface area contributed by atoms with Crippen LogP contribution >= 0.6 is 0 Å². The van der Waals surface area contributed by atoms with Gasteiger partial charge in [-0.05, 0) is 37.5 Å². The third-order valence-corrected chi connectivity index (χ3v) is 5.28. The molecule has 2 nitrogen and oxygen atoms in total. The molecule has 0 saturated heterocycles. The van der Waals surface area contributed by atoms with Crippen molar-refractivity contribution in [3.05, 3.63) is 35.6 Å². The number of hydrogen-bond acceptors (Lipinski definition) is 2. The number of nitrogens with two attached hydrogens (primary N) is 1. The second-order valence-corrected chi connectivity index (χ2v) is 6.83. The lowest BCUT2D eigenvalue weighted by Gasteiger charge is -2.46. The normalized spacial score (nSPS) is 22.1. The summed E-state index contributed by atoms with van der Waals surface area (Å²) in [6.45, 7) is 2.38. The predicted octanol–water partition coefficient (Wildman–Crippen LogP) is 3.81. The maximum Gasteiger partial charge on any atom is 0.123 e. The molecular weight excluding hydrogens is 265 g/mol. The van der Waals surface area contributed by atoms with Gasteiger partial charge in [0.1, 0.15) is 5.82 Å². The first kappa shape index (κ1) is 16.4. The zero-order valence-electron chi connectivity index (χ0n) is 13.1. The zero-order chi connectivity index (χ0) is 15.3. The lowest BCUT2D eigenvalue weighted by atomic mass is 9.63. The van der Waals surface area contributed by atoms with E-state index in [-0.39, 0.29) is 11.2 Å². The third kappa shape index (κ3) is 3.83. The van der Waals surface area contributed by atoms with Crippen LogP contribution in [0, 0.1) is 11.2 Å². The molecule has 0 heterocycles. The molecule has 2 rings (SSSR count). The second kappa shape index (κ2) is 6.89. The van der Waals surface area contributed by atoms with Gasteiger partial charge in [0, 0.05) is 18.4 Å². The largest absolute Gasteiger partial charge is 0.389 e. The summed E-state index contributed by atoms with van der Waals surface area (Å²) in [5, 5.41) is 11.1. The maximum absolute atomic E-state index is 13.4. The fourth-order valence-corrected chi connectivity index (χ4v) is 3.78. The van der Waals surface area contributed by atoms with Crippen LogP contribution in [0.2, 0.25) is 0 Å². The molecule has 0 amide bonds. The van der Waals surface area contributed by atoms with Crippen molar-refractivity contribution in [1.29, 1.82) is 0 Å². The van der Waals surface area contributed by atoms with Crippen molar-refractivity contribution in [3.63, 3.8) is 0 Å². The summed E-state index contributed by atoms with van der Waals surface area (Å²) in [5.41, 5.74) is 5.79. The first-order valence-corrected chi connectivity index (χ1v) is 8.16. The van der Waals surface area contributed by atoms with Crippen molar-refractivity contribution in [3.8, 4) is 0 Å². The van der Waals surface area contributed by atoms with E-state index in [1.54, 1.807) is 6.07 Å². The van der Waals surface area contributed by atoms with Gasteiger partial charge in [-0.1, -0.05) is 44.2 Å². The van der Waals surface area contributed by atoms with Gasteiger partial charge in [0.2, 0.25) is 0 Å². The fraction of sp³-hybridized carbons (Fsp3) is 0.667. The Bertz CT molecular complexity index is 450. The molecular formula is C18H28FNO. The van der Waals surface area contributed by atoms with Crippen molar-refractivity contribution in [2.45, 2.75) is 63.9 Å². The minimum atomic E-state index is -0.896. The molecule has 0 radical (unpaired) electrons. The molecule has 3 N–H and O–H groups in total. The highest BCUT2D eigenvalue weighted by Crippen LogP contribution is 2.44. The Balaban J connectivity index is 2.20. The summed E-state index contributed by atoms with van der Waals surface area (Å²) in [6.07, 6.45) is 8.36. The maximum atomic E-state index is 13.4. The number of benzene rings is 1. The van der Waals surface area contributed by atoms with Crippen LogP contribution in [0.15, 0.2) is 24.3 Å². The van der Waals surface area contributed by atoms with Crippen LogP contribution in [-0.4, -0.2) is 17.3 Å². The summed E-state index contributed by atoms with van der Waals surface area (Å²) in [7, 11) is 0. The van der Waals surface area contributed by atoms with Crippen LogP contribution < -0.4 is 5.73 Å². The summed E-state index contributed by atoms with van der Waals surface area (Å²) < 4.78 is 13.4. The van der Waals surface area contributed by atoms with E-state index < -0.39 is 5.60 Å². The van der Waals surface area contributed by atoms with Gasteiger partial charge in [-0.3, -0.25) is 0 Å². The number of rotatable bonds is 4. The predicted molar refractivity (Wildman–Crippen MR) is 84.5 cm³/mol. The molecule has 1 saturated carbocycles. The van der Waals surface area contributed by atoms with Crippen LogP contribution in [0.5, 0.6) is 0 Å². The molecule has 1 fully saturated rings. The molecule has 1 aromatic rings. The van der Waals surface area contributed by atoms with Gasteiger partial charge in [0.05, 0.1) is 5.60 Å². The van der Waals surface area contributed by atoms with E-state index in [9.17, 15) is 9.50 Å². The Kier molecular flexibility index (Phi) is 5.39. The summed E-state index contributed by atoms with van der Waals surface area (Å²) in [5.74, 6) is -0.247. The molecule has 1 atom stereocenters. The number of aliphatic hydroxyl groups is 1. The second-order valence-electron chi connectivity index (χ2n) is 6.83. The molecule has 1 unspecified atom stereocenters. The quantitative estimate of drug-likeness (QED) is 0.886. The lowest BCUT2D eigenvalue weighted by molar-refractivity contribution is -0.0795. The Morgan fingerprint density at radius 2 is 1.81 bits per heavy atom. The standard InChI is InChI=1S/C18H28FNO/c1-17(21,13-15-8-7-9-16(19)12-15)18(14-20)10-5-3-2-4-6-11-18/h7-9,12,21H,2-6,10-11,13-14,20H2,1H3. The highest BCUT2D eigenvalue weighted by Gasteiger charge is 2.45. The molecule has 0 spiro atoms. The Labute approximate surface area is 127 Å². The van der Waals surface area contributed by atoms with Crippen LogP contribution in [-0.2, 0) is 6.42 Å². The molecule has 21 heavy (non-hydrogen) atoms. The lowest BCUT2D eigenvalue weighted by Crippen LogP contribution is -2.52. The van der Waals surface area contributed by atoms with Gasteiger partial charge >= 0.3 is 0 Å². The van der Waals surface area contributed by atoms with Crippen molar-refractivity contribution < 1.29 is 9.50 Å². The summed E-state index contributed by atoms with van der Waals surface area (Å²) in [4.78, 5) is 0. The minimum absolute atomic E-state index is 0.247. The molecule has 0 aliphatic heterocycles. The topological polar surface area (TPSA) is 46.2 Å². The van der Waals surface area contributed by atoms with Crippen LogP contribution in [0.4, 0.5) is 4.39 Å². The monoisotopic (exact) mass is 293 g/mol. The van der Waals surface area contributed by atoms with Crippen molar-refractivity contribution in [2.24, 2.45) is 11.1 Å². The molecule has 1 aliphatic rings. The number of halogens is 1. The van der Waals surface area contributed by atoms with E-state index in [2.05, 4.69) is 0 Å². The van der Waals surface area contributed by atoms with Crippen LogP contribution in [0.3, 0.4) is 0 Å². The fourth-order valence-electron chi connectivity index (χ4n) is 3.78. The van der Waals surface area contributed by atoms with Crippen molar-refractivity contribution in [1.82, 2.24) is 0 Å². The summed E-state index contributed by atoms with van der Waals surface area (Å²) >= 11 is 0. The first-order valence-electron chi connectivity index (χ1n) is 8.16. The summed E-state index contributed by atoms with van der Waals surface area (Å²) in [6, 6.07) is 6.53. The van der Waals surface area contributed by atoms with Gasteiger partial charge in [0.25, 0.3) is 0 Å². The third-order valence-electron chi connectivity index (χ3n) is 5.28. The molecule has 118 valence electrons. The van der Waals surface area contributed by atoms with Gasteiger partial charge in [-0.15, -0.1) is 0 Å². The smallest absolute Gasteiger partial charge is 0.123 e. The van der Waals surface area contributed by atoms with E-state index in [4.69, 9.17) is 5.73 Å². The number of hydrogen-bond donors (Lipinski definition) is 2. The van der Waals surface area contributed by atoms with Gasteiger partial charge in [-0.25, -0.2) is 4.39 Å². The highest BCUT2D eigenvalue weighted by atomic mass is 19.1. The Morgan fingerprint density at radius 3 is 2.38 bits per heavy atom. The molecule has 1 aliphatic carbocycles. The first-order chi connectivity index (χ1) is 9.99. The SMILES string of the molecule is CC(O)(Cc1cccc(F)c1)C1(CN)CCCCCCC1. The molecule has 1 aromatic carbocycles. The Hall–Kier alpha value is -0.930. The zero-order valence-corrected chi connectivity index (χ0v) is 13.1. The van der Waals surface area contributed by atoms with Crippen molar-refractivity contribution >= 4 is 0 Å². The minimum Gasteiger partial charge on any atom is -0.389 e. The Morgan fingerprint density at radius 1 is 1.19 bits per heavy atom. The van der Waals surface area contributed by atoms with Gasteiger partial charge in [-0.2, -0.15) is 0 Å². The van der Waals surface area contributed by atoms with Crippen LogP contribution in [0.25, 0.3) is 0 Å². The van der Waals surface area contributed by atoms with E-state index in [1.165, 1.54) is 31.4 Å². The van der Waals surface area contributed by atoms with E-state index in [0.29, 0.717) is 13.0 Å². The van der Waals surface area contributed by atoms with E-state index in [0.717, 1.165) is 31.2 Å². The van der Waals surface area contributed by atoms with E-state index >= 15 is 0 Å². The van der Waals surface area contributed by atoms with Crippen LogP contribution in [0.1, 0.15) is 57.4 Å².